The number of carbonyl (C=O) groups is 1. The SMILES string of the molecule is CCN(Cc1ccccc1)S(=O)(=O)c1ccc(C(=O)N(/N=C/c2cc(OC)c(OC)c(OC)c2)c2nc3ccc(Br)cc3s2)cc1. The van der Waals surface area contributed by atoms with Gasteiger partial charge in [0.15, 0.2) is 11.5 Å². The van der Waals surface area contributed by atoms with E-state index in [0.717, 1.165) is 14.7 Å². The number of amides is 1. The van der Waals surface area contributed by atoms with Crippen LogP contribution in [-0.4, -0.2) is 57.7 Å². The fraction of sp³-hybridized carbons (Fsp3) is 0.182. The van der Waals surface area contributed by atoms with E-state index in [1.807, 2.05) is 48.5 Å². The van der Waals surface area contributed by atoms with Gasteiger partial charge >= 0.3 is 0 Å². The molecule has 0 N–H and O–H groups in total. The summed E-state index contributed by atoms with van der Waals surface area (Å²) >= 11 is 4.78. The molecule has 0 spiro atoms. The van der Waals surface area contributed by atoms with E-state index in [0.29, 0.717) is 33.5 Å². The molecule has 1 heterocycles. The maximum absolute atomic E-state index is 14.0. The number of hydrazone groups is 1. The van der Waals surface area contributed by atoms with Crippen LogP contribution in [0.3, 0.4) is 0 Å². The van der Waals surface area contributed by atoms with Gasteiger partial charge in [0, 0.05) is 28.7 Å². The van der Waals surface area contributed by atoms with Crippen LogP contribution in [-0.2, 0) is 16.6 Å². The van der Waals surface area contributed by atoms with Crippen LogP contribution in [0.5, 0.6) is 17.2 Å². The van der Waals surface area contributed by atoms with Crippen molar-refractivity contribution >= 4 is 64.8 Å². The first-order chi connectivity index (χ1) is 22.2. The van der Waals surface area contributed by atoms with Gasteiger partial charge in [0.05, 0.1) is 42.7 Å². The van der Waals surface area contributed by atoms with Crippen LogP contribution in [0.1, 0.15) is 28.4 Å². The lowest BCUT2D eigenvalue weighted by molar-refractivity contribution is 0.0987. The van der Waals surface area contributed by atoms with E-state index < -0.39 is 15.9 Å². The Labute approximate surface area is 280 Å². The minimum atomic E-state index is -3.82. The van der Waals surface area contributed by atoms with E-state index in [1.54, 1.807) is 19.1 Å². The summed E-state index contributed by atoms with van der Waals surface area (Å²) in [5, 5.41) is 6.07. The maximum atomic E-state index is 14.0. The minimum Gasteiger partial charge on any atom is -0.493 e. The highest BCUT2D eigenvalue weighted by Crippen LogP contribution is 2.38. The Bertz CT molecular complexity index is 1960. The summed E-state index contributed by atoms with van der Waals surface area (Å²) in [6.45, 7) is 2.31. The molecule has 46 heavy (non-hydrogen) atoms. The normalized spacial score (nSPS) is 11.7. The first-order valence-electron chi connectivity index (χ1n) is 14.1. The first kappa shape index (κ1) is 33.1. The average Bonchev–Trinajstić information content (AvgIpc) is 3.49. The molecule has 10 nitrogen and oxygen atoms in total. The summed E-state index contributed by atoms with van der Waals surface area (Å²) in [5.41, 5.74) is 2.38. The quantitative estimate of drug-likeness (QED) is 0.101. The highest BCUT2D eigenvalue weighted by Gasteiger charge is 2.26. The molecule has 0 aliphatic heterocycles. The molecule has 0 aliphatic carbocycles. The van der Waals surface area contributed by atoms with Gasteiger partial charge in [0.25, 0.3) is 5.91 Å². The Morgan fingerprint density at radius 2 is 1.61 bits per heavy atom. The minimum absolute atomic E-state index is 0.0825. The predicted molar refractivity (Wildman–Crippen MR) is 184 cm³/mol. The van der Waals surface area contributed by atoms with Gasteiger partial charge in [-0.1, -0.05) is 64.5 Å². The van der Waals surface area contributed by atoms with E-state index in [4.69, 9.17) is 14.2 Å². The fourth-order valence-corrected chi connectivity index (χ4v) is 7.57. The van der Waals surface area contributed by atoms with Crippen molar-refractivity contribution in [1.82, 2.24) is 9.29 Å². The second kappa shape index (κ2) is 14.4. The Kier molecular flexibility index (Phi) is 10.4. The van der Waals surface area contributed by atoms with Crippen LogP contribution < -0.4 is 19.2 Å². The second-order valence-corrected chi connectivity index (χ2v) is 13.7. The molecule has 4 aromatic carbocycles. The van der Waals surface area contributed by atoms with E-state index in [9.17, 15) is 13.2 Å². The summed E-state index contributed by atoms with van der Waals surface area (Å²) in [7, 11) is 0.718. The Morgan fingerprint density at radius 1 is 0.935 bits per heavy atom. The van der Waals surface area contributed by atoms with Crippen molar-refractivity contribution in [2.75, 3.05) is 32.9 Å². The molecular formula is C33H31BrN4O6S2. The lowest BCUT2D eigenvalue weighted by atomic mass is 10.2. The summed E-state index contributed by atoms with van der Waals surface area (Å²) in [5.74, 6) is 0.780. The van der Waals surface area contributed by atoms with Crippen LogP contribution in [0, 0.1) is 0 Å². The van der Waals surface area contributed by atoms with Gasteiger partial charge in [-0.15, -0.1) is 0 Å². The van der Waals surface area contributed by atoms with Crippen molar-refractivity contribution < 1.29 is 27.4 Å². The molecule has 0 saturated carbocycles. The monoisotopic (exact) mass is 722 g/mol. The number of thiazole rings is 1. The van der Waals surface area contributed by atoms with Gasteiger partial charge < -0.3 is 14.2 Å². The van der Waals surface area contributed by atoms with Crippen LogP contribution in [0.25, 0.3) is 10.2 Å². The summed E-state index contributed by atoms with van der Waals surface area (Å²) in [6, 6.07) is 24.3. The molecule has 0 fully saturated rings. The zero-order chi connectivity index (χ0) is 32.8. The third-order valence-corrected chi connectivity index (χ3v) is 10.4. The van der Waals surface area contributed by atoms with E-state index in [-0.39, 0.29) is 23.5 Å². The van der Waals surface area contributed by atoms with Crippen molar-refractivity contribution in [3.63, 3.8) is 0 Å². The van der Waals surface area contributed by atoms with Gasteiger partial charge in [-0.05, 0) is 60.2 Å². The summed E-state index contributed by atoms with van der Waals surface area (Å²) < 4.78 is 46.5. The lowest BCUT2D eigenvalue weighted by Crippen LogP contribution is -2.30. The Morgan fingerprint density at radius 3 is 2.22 bits per heavy atom. The summed E-state index contributed by atoms with van der Waals surface area (Å²) in [6.07, 6.45) is 1.49. The van der Waals surface area contributed by atoms with Gasteiger partial charge in [0.1, 0.15) is 0 Å². The Balaban J connectivity index is 1.49. The van der Waals surface area contributed by atoms with Crippen LogP contribution >= 0.6 is 27.3 Å². The number of sulfonamides is 1. The van der Waals surface area contributed by atoms with Crippen molar-refractivity contribution in [2.24, 2.45) is 5.10 Å². The number of benzene rings is 4. The highest BCUT2D eigenvalue weighted by atomic mass is 79.9. The van der Waals surface area contributed by atoms with Gasteiger partial charge in [-0.2, -0.15) is 14.4 Å². The first-order valence-corrected chi connectivity index (χ1v) is 17.1. The number of hydrogen-bond acceptors (Lipinski definition) is 9. The zero-order valence-corrected chi connectivity index (χ0v) is 28.7. The van der Waals surface area contributed by atoms with Gasteiger partial charge in [-0.25, -0.2) is 13.4 Å². The molecule has 0 aliphatic rings. The van der Waals surface area contributed by atoms with E-state index in [2.05, 4.69) is 26.0 Å². The number of methoxy groups -OCH3 is 3. The molecule has 5 aromatic rings. The second-order valence-electron chi connectivity index (χ2n) is 9.87. The highest BCUT2D eigenvalue weighted by molar-refractivity contribution is 9.10. The fourth-order valence-electron chi connectivity index (χ4n) is 4.66. The third kappa shape index (κ3) is 7.07. The van der Waals surface area contributed by atoms with Crippen molar-refractivity contribution in [3.8, 4) is 17.2 Å². The molecule has 1 aromatic heterocycles. The van der Waals surface area contributed by atoms with E-state index in [1.165, 1.54) is 72.5 Å². The molecule has 0 radical (unpaired) electrons. The van der Waals surface area contributed by atoms with Gasteiger partial charge in [-0.3, -0.25) is 4.79 Å². The van der Waals surface area contributed by atoms with Crippen LogP contribution in [0.15, 0.2) is 99.4 Å². The lowest BCUT2D eigenvalue weighted by Gasteiger charge is -2.21. The molecular weight excluding hydrogens is 692 g/mol. The Hall–Kier alpha value is -4.30. The smallest absolute Gasteiger partial charge is 0.280 e. The van der Waals surface area contributed by atoms with Crippen LogP contribution in [0.2, 0.25) is 0 Å². The summed E-state index contributed by atoms with van der Waals surface area (Å²) in [4.78, 5) is 18.7. The average molecular weight is 724 g/mol. The molecule has 0 bridgehead atoms. The molecule has 0 atom stereocenters. The number of carbonyl (C=O) groups excluding carboxylic acids is 1. The van der Waals surface area contributed by atoms with Crippen LogP contribution in [0.4, 0.5) is 5.13 Å². The third-order valence-electron chi connectivity index (χ3n) is 7.02. The standard InChI is InChI=1S/C33H31BrN4O6S2/c1-5-37(21-22-9-7-6-8-10-22)46(40,41)26-14-11-24(12-15-26)32(39)38(33-36-27-16-13-25(34)19-30(27)45-33)35-20-23-17-28(42-2)31(44-4)29(18-23)43-3/h6-20H,5,21H2,1-4H3/b35-20+. The van der Waals surface area contributed by atoms with Gasteiger partial charge in [0.2, 0.25) is 20.9 Å². The number of nitrogens with zero attached hydrogens (tertiary/aromatic N) is 4. The number of anilines is 1. The molecule has 0 saturated heterocycles. The molecule has 13 heteroatoms. The number of rotatable bonds is 12. The number of ether oxygens (including phenoxy) is 3. The number of hydrogen-bond donors (Lipinski definition) is 0. The molecule has 238 valence electrons. The maximum Gasteiger partial charge on any atom is 0.280 e. The van der Waals surface area contributed by atoms with Crippen molar-refractivity contribution in [3.05, 3.63) is 106 Å². The molecule has 5 rings (SSSR count). The predicted octanol–water partition coefficient (Wildman–Crippen LogP) is 6.98. The number of aromatic nitrogens is 1. The van der Waals surface area contributed by atoms with Crippen molar-refractivity contribution in [2.45, 2.75) is 18.4 Å². The topological polar surface area (TPSA) is 111 Å². The zero-order valence-electron chi connectivity index (χ0n) is 25.5. The molecule has 1 amide bonds. The number of halogens is 1. The van der Waals surface area contributed by atoms with E-state index >= 15 is 0 Å². The largest absolute Gasteiger partial charge is 0.493 e. The van der Waals surface area contributed by atoms with Crippen molar-refractivity contribution in [1.29, 1.82) is 0 Å². The number of fused-ring (bicyclic) bond motifs is 1. The molecule has 0 unspecified atom stereocenters.